The Kier molecular flexibility index (Phi) is 4.62. The van der Waals surface area contributed by atoms with Gasteiger partial charge in [0.05, 0.1) is 10.0 Å². The molecule has 0 amide bonds. The summed E-state index contributed by atoms with van der Waals surface area (Å²) in [5.41, 5.74) is 3.29. The maximum Gasteiger partial charge on any atom is 0.131 e. The molecule has 4 nitrogen and oxygen atoms in total. The van der Waals surface area contributed by atoms with Crippen molar-refractivity contribution in [2.24, 2.45) is 0 Å². The normalized spacial score (nSPS) is 15.1. The second-order valence-electron chi connectivity index (χ2n) is 5.90. The number of pyridine rings is 1. The van der Waals surface area contributed by atoms with Crippen molar-refractivity contribution in [2.45, 2.75) is 39.3 Å². The first-order valence-electron chi connectivity index (χ1n) is 7.39. The third kappa shape index (κ3) is 3.24. The van der Waals surface area contributed by atoms with Crippen LogP contribution in [0.15, 0.2) is 18.6 Å². The van der Waals surface area contributed by atoms with Crippen LogP contribution in [0.2, 0.25) is 10.0 Å². The summed E-state index contributed by atoms with van der Waals surface area (Å²) in [5, 5.41) is 1.23. The van der Waals surface area contributed by atoms with Gasteiger partial charge in [0.15, 0.2) is 0 Å². The fourth-order valence-corrected chi connectivity index (χ4v) is 3.10. The molecule has 0 saturated carbocycles. The summed E-state index contributed by atoms with van der Waals surface area (Å²) in [5.74, 6) is 1.28. The summed E-state index contributed by atoms with van der Waals surface area (Å²) in [7, 11) is 0. The zero-order valence-electron chi connectivity index (χ0n) is 12.7. The Labute approximate surface area is 140 Å². The van der Waals surface area contributed by atoms with Crippen molar-refractivity contribution >= 4 is 23.2 Å². The van der Waals surface area contributed by atoms with Crippen LogP contribution in [0.4, 0.5) is 0 Å². The van der Waals surface area contributed by atoms with Gasteiger partial charge >= 0.3 is 0 Å². The van der Waals surface area contributed by atoms with E-state index in [1.165, 1.54) is 11.3 Å². The van der Waals surface area contributed by atoms with E-state index in [9.17, 15) is 0 Å². The van der Waals surface area contributed by atoms with Gasteiger partial charge in [-0.25, -0.2) is 9.97 Å². The van der Waals surface area contributed by atoms with Crippen molar-refractivity contribution < 1.29 is 0 Å². The summed E-state index contributed by atoms with van der Waals surface area (Å²) >= 11 is 12.4. The molecule has 0 aliphatic carbocycles. The molecule has 3 rings (SSSR count). The van der Waals surface area contributed by atoms with E-state index in [1.807, 2.05) is 6.20 Å². The second-order valence-corrected chi connectivity index (χ2v) is 6.71. The van der Waals surface area contributed by atoms with Gasteiger partial charge in [-0.2, -0.15) is 0 Å². The zero-order chi connectivity index (χ0) is 15.7. The largest absolute Gasteiger partial charge is 0.294 e. The SMILES string of the molecule is CC(C)c1ncc2c(n1)CCN(Cc1c(Cl)cncc1Cl)C2. The van der Waals surface area contributed by atoms with Gasteiger partial charge < -0.3 is 0 Å². The van der Waals surface area contributed by atoms with Gasteiger partial charge in [0.1, 0.15) is 5.82 Å². The van der Waals surface area contributed by atoms with Crippen LogP contribution in [0.3, 0.4) is 0 Å². The first kappa shape index (κ1) is 15.7. The predicted octanol–water partition coefficient (Wildman–Crippen LogP) is 3.86. The molecule has 22 heavy (non-hydrogen) atoms. The number of nitrogens with zero attached hydrogens (tertiary/aromatic N) is 4. The van der Waals surface area contributed by atoms with Crippen LogP contribution >= 0.6 is 23.2 Å². The Morgan fingerprint density at radius 2 is 1.91 bits per heavy atom. The Morgan fingerprint density at radius 3 is 2.59 bits per heavy atom. The fraction of sp³-hybridized carbons (Fsp3) is 0.438. The summed E-state index contributed by atoms with van der Waals surface area (Å²) in [6.07, 6.45) is 6.16. The maximum atomic E-state index is 6.21. The molecule has 0 saturated heterocycles. The average molecular weight is 337 g/mol. The van der Waals surface area contributed by atoms with Crippen molar-refractivity contribution in [3.63, 3.8) is 0 Å². The molecule has 0 radical (unpaired) electrons. The standard InChI is InChI=1S/C16H18Cl2N4/c1-10(2)16-20-5-11-8-22(4-3-15(11)21-16)9-12-13(17)6-19-7-14(12)18/h5-7,10H,3-4,8-9H2,1-2H3. The van der Waals surface area contributed by atoms with Crippen LogP contribution in [-0.2, 0) is 19.5 Å². The molecule has 0 unspecified atom stereocenters. The highest BCUT2D eigenvalue weighted by atomic mass is 35.5. The monoisotopic (exact) mass is 336 g/mol. The van der Waals surface area contributed by atoms with E-state index in [0.717, 1.165) is 30.9 Å². The average Bonchev–Trinajstić information content (AvgIpc) is 2.50. The van der Waals surface area contributed by atoms with Gasteiger partial charge in [0.2, 0.25) is 0 Å². The van der Waals surface area contributed by atoms with Crippen molar-refractivity contribution in [1.82, 2.24) is 19.9 Å². The number of fused-ring (bicyclic) bond motifs is 1. The van der Waals surface area contributed by atoms with Crippen LogP contribution in [0, 0.1) is 0 Å². The highest BCUT2D eigenvalue weighted by Crippen LogP contribution is 2.27. The quantitative estimate of drug-likeness (QED) is 0.853. The number of aromatic nitrogens is 3. The zero-order valence-corrected chi connectivity index (χ0v) is 14.2. The minimum absolute atomic E-state index is 0.359. The van der Waals surface area contributed by atoms with Gasteiger partial charge in [-0.3, -0.25) is 9.88 Å². The molecule has 0 spiro atoms. The molecule has 0 atom stereocenters. The minimum Gasteiger partial charge on any atom is -0.294 e. The maximum absolute atomic E-state index is 6.21. The topological polar surface area (TPSA) is 41.9 Å². The molecule has 1 aliphatic rings. The Hall–Kier alpha value is -1.23. The highest BCUT2D eigenvalue weighted by Gasteiger charge is 2.20. The Balaban J connectivity index is 1.77. The van der Waals surface area contributed by atoms with Crippen molar-refractivity contribution in [3.8, 4) is 0 Å². The smallest absolute Gasteiger partial charge is 0.131 e. The van der Waals surface area contributed by atoms with Gasteiger partial charge in [0, 0.05) is 67.4 Å². The van der Waals surface area contributed by atoms with Gasteiger partial charge in [0.25, 0.3) is 0 Å². The fourth-order valence-electron chi connectivity index (χ4n) is 2.62. The van der Waals surface area contributed by atoms with Gasteiger partial charge in [-0.05, 0) is 0 Å². The lowest BCUT2D eigenvalue weighted by molar-refractivity contribution is 0.242. The van der Waals surface area contributed by atoms with Crippen LogP contribution in [0.5, 0.6) is 0 Å². The van der Waals surface area contributed by atoms with Gasteiger partial charge in [-0.1, -0.05) is 37.0 Å². The van der Waals surface area contributed by atoms with Crippen LogP contribution in [0.1, 0.15) is 42.4 Å². The first-order chi connectivity index (χ1) is 10.5. The highest BCUT2D eigenvalue weighted by molar-refractivity contribution is 6.35. The first-order valence-corrected chi connectivity index (χ1v) is 8.15. The van der Waals surface area contributed by atoms with E-state index in [4.69, 9.17) is 23.2 Å². The lowest BCUT2D eigenvalue weighted by atomic mass is 10.1. The Bertz CT molecular complexity index is 668. The molecule has 0 aromatic carbocycles. The molecule has 0 N–H and O–H groups in total. The van der Waals surface area contributed by atoms with Crippen molar-refractivity contribution in [3.05, 3.63) is 51.3 Å². The molecule has 2 aromatic heterocycles. The van der Waals surface area contributed by atoms with E-state index in [-0.39, 0.29) is 0 Å². The van der Waals surface area contributed by atoms with E-state index < -0.39 is 0 Å². The third-order valence-corrected chi connectivity index (χ3v) is 4.53. The summed E-state index contributed by atoms with van der Waals surface area (Å²) < 4.78 is 0. The number of halogens is 2. The Morgan fingerprint density at radius 1 is 1.18 bits per heavy atom. The molecular weight excluding hydrogens is 319 g/mol. The number of rotatable bonds is 3. The third-order valence-electron chi connectivity index (χ3n) is 3.88. The summed E-state index contributed by atoms with van der Waals surface area (Å²) in [4.78, 5) is 15.5. The second kappa shape index (κ2) is 6.49. The van der Waals surface area contributed by atoms with Crippen molar-refractivity contribution in [2.75, 3.05) is 6.54 Å². The molecule has 3 heterocycles. The summed E-state index contributed by atoms with van der Waals surface area (Å²) in [6, 6.07) is 0. The molecule has 1 aliphatic heterocycles. The molecular formula is C16H18Cl2N4. The molecule has 2 aromatic rings. The van der Waals surface area contributed by atoms with Crippen molar-refractivity contribution in [1.29, 1.82) is 0 Å². The van der Waals surface area contributed by atoms with E-state index in [1.54, 1.807) is 12.4 Å². The molecule has 6 heteroatoms. The van der Waals surface area contributed by atoms with Gasteiger partial charge in [-0.15, -0.1) is 0 Å². The molecule has 0 fully saturated rings. The minimum atomic E-state index is 0.359. The number of hydrogen-bond donors (Lipinski definition) is 0. The number of hydrogen-bond acceptors (Lipinski definition) is 4. The molecule has 116 valence electrons. The predicted molar refractivity (Wildman–Crippen MR) is 88.2 cm³/mol. The summed E-state index contributed by atoms with van der Waals surface area (Å²) in [6.45, 7) is 6.71. The van der Waals surface area contributed by atoms with E-state index in [2.05, 4.69) is 33.7 Å². The van der Waals surface area contributed by atoms with Crippen LogP contribution in [0.25, 0.3) is 0 Å². The lowest BCUT2D eigenvalue weighted by Gasteiger charge is -2.28. The van der Waals surface area contributed by atoms with Crippen LogP contribution in [-0.4, -0.2) is 26.4 Å². The molecule has 0 bridgehead atoms. The van der Waals surface area contributed by atoms with Crippen LogP contribution < -0.4 is 0 Å². The lowest BCUT2D eigenvalue weighted by Crippen LogP contribution is -2.31. The van der Waals surface area contributed by atoms with E-state index in [0.29, 0.717) is 22.5 Å². The van der Waals surface area contributed by atoms with E-state index >= 15 is 0 Å².